The molecule has 0 aliphatic rings. The number of aromatic nitrogens is 2. The van der Waals surface area contributed by atoms with Crippen LogP contribution in [0.5, 0.6) is 5.75 Å². The highest BCUT2D eigenvalue weighted by molar-refractivity contribution is 5.80. The molecule has 4 heteroatoms. The Morgan fingerprint density at radius 2 is 1.80 bits per heavy atom. The molecule has 0 aliphatic carbocycles. The van der Waals surface area contributed by atoms with Gasteiger partial charge in [-0.05, 0) is 49.2 Å². The predicted molar refractivity (Wildman–Crippen MR) is 78.9 cm³/mol. The van der Waals surface area contributed by atoms with Gasteiger partial charge >= 0.3 is 0 Å². The van der Waals surface area contributed by atoms with Crippen LogP contribution in [0.15, 0.2) is 41.2 Å². The molecule has 0 fully saturated rings. The standard InChI is InChI=1S/C16H14N2O2/c1-9-7-12(14(19)8-10(9)2)15-17-13-6-4-3-5-11(13)16(20)18-15/h3-8,19H,1-2H3,(H,17,18,20). The fourth-order valence-corrected chi connectivity index (χ4v) is 2.20. The second-order valence-electron chi connectivity index (χ2n) is 4.89. The first kappa shape index (κ1) is 12.4. The quantitative estimate of drug-likeness (QED) is 0.711. The summed E-state index contributed by atoms with van der Waals surface area (Å²) in [5, 5.41) is 10.6. The van der Waals surface area contributed by atoms with Crippen LogP contribution in [0.1, 0.15) is 11.1 Å². The van der Waals surface area contributed by atoms with E-state index in [1.165, 1.54) is 0 Å². The number of hydrogen-bond acceptors (Lipinski definition) is 3. The Labute approximate surface area is 115 Å². The number of phenolic OH excluding ortho intramolecular Hbond substituents is 1. The number of aromatic amines is 1. The van der Waals surface area contributed by atoms with Crippen molar-refractivity contribution in [3.63, 3.8) is 0 Å². The van der Waals surface area contributed by atoms with Crippen molar-refractivity contribution >= 4 is 10.9 Å². The fourth-order valence-electron chi connectivity index (χ4n) is 2.20. The first-order valence-corrected chi connectivity index (χ1v) is 6.36. The van der Waals surface area contributed by atoms with Gasteiger partial charge in [-0.15, -0.1) is 0 Å². The number of fused-ring (bicyclic) bond motifs is 1. The summed E-state index contributed by atoms with van der Waals surface area (Å²) in [6, 6.07) is 10.7. The van der Waals surface area contributed by atoms with Crippen molar-refractivity contribution in [1.29, 1.82) is 0 Å². The third kappa shape index (κ3) is 1.95. The number of benzene rings is 2. The zero-order valence-corrected chi connectivity index (χ0v) is 11.3. The monoisotopic (exact) mass is 266 g/mol. The summed E-state index contributed by atoms with van der Waals surface area (Å²) in [5.41, 5.74) is 2.98. The van der Waals surface area contributed by atoms with Crippen LogP contribution < -0.4 is 5.56 Å². The maximum atomic E-state index is 12.1. The molecule has 0 bridgehead atoms. The van der Waals surface area contributed by atoms with Gasteiger partial charge in [0.25, 0.3) is 5.56 Å². The van der Waals surface area contributed by atoms with Crippen LogP contribution in [-0.4, -0.2) is 15.1 Å². The van der Waals surface area contributed by atoms with Gasteiger partial charge in [0, 0.05) is 0 Å². The van der Waals surface area contributed by atoms with Gasteiger partial charge in [0.2, 0.25) is 0 Å². The van der Waals surface area contributed by atoms with Gasteiger partial charge < -0.3 is 10.1 Å². The predicted octanol–water partition coefficient (Wildman–Crippen LogP) is 2.91. The van der Waals surface area contributed by atoms with Crippen LogP contribution in [0.2, 0.25) is 0 Å². The molecule has 1 aromatic heterocycles. The lowest BCUT2D eigenvalue weighted by Crippen LogP contribution is -2.09. The molecular weight excluding hydrogens is 252 g/mol. The van der Waals surface area contributed by atoms with Gasteiger partial charge in [0.05, 0.1) is 16.5 Å². The average molecular weight is 266 g/mol. The number of nitrogens with zero attached hydrogens (tertiary/aromatic N) is 1. The maximum Gasteiger partial charge on any atom is 0.259 e. The number of nitrogens with one attached hydrogen (secondary N) is 1. The Kier molecular flexibility index (Phi) is 2.79. The second kappa shape index (κ2) is 4.49. The summed E-state index contributed by atoms with van der Waals surface area (Å²) in [5.74, 6) is 0.501. The number of aryl methyl sites for hydroxylation is 2. The lowest BCUT2D eigenvalue weighted by molar-refractivity contribution is 0.476. The smallest absolute Gasteiger partial charge is 0.259 e. The molecule has 4 nitrogen and oxygen atoms in total. The van der Waals surface area contributed by atoms with Crippen molar-refractivity contribution < 1.29 is 5.11 Å². The van der Waals surface area contributed by atoms with Crippen LogP contribution in [0.4, 0.5) is 0 Å². The first-order valence-electron chi connectivity index (χ1n) is 6.36. The molecular formula is C16H14N2O2. The van der Waals surface area contributed by atoms with E-state index in [0.717, 1.165) is 11.1 Å². The average Bonchev–Trinajstić information content (AvgIpc) is 2.43. The van der Waals surface area contributed by atoms with Crippen molar-refractivity contribution in [1.82, 2.24) is 9.97 Å². The summed E-state index contributed by atoms with van der Waals surface area (Å²) >= 11 is 0. The fraction of sp³-hybridized carbons (Fsp3) is 0.125. The second-order valence-corrected chi connectivity index (χ2v) is 4.89. The van der Waals surface area contributed by atoms with Crippen LogP contribution >= 0.6 is 0 Å². The van der Waals surface area contributed by atoms with Gasteiger partial charge in [-0.2, -0.15) is 0 Å². The largest absolute Gasteiger partial charge is 0.507 e. The highest BCUT2D eigenvalue weighted by atomic mass is 16.3. The molecule has 1 heterocycles. The maximum absolute atomic E-state index is 12.1. The molecule has 0 radical (unpaired) electrons. The van der Waals surface area contributed by atoms with Crippen molar-refractivity contribution in [3.8, 4) is 17.1 Å². The van der Waals surface area contributed by atoms with Crippen LogP contribution in [0.25, 0.3) is 22.3 Å². The number of para-hydroxylation sites is 1. The normalized spacial score (nSPS) is 10.9. The lowest BCUT2D eigenvalue weighted by atomic mass is 10.0. The van der Waals surface area contributed by atoms with Crippen molar-refractivity contribution in [3.05, 3.63) is 57.9 Å². The van der Waals surface area contributed by atoms with Crippen molar-refractivity contribution in [2.24, 2.45) is 0 Å². The topological polar surface area (TPSA) is 66.0 Å². The van der Waals surface area contributed by atoms with Crippen LogP contribution in [-0.2, 0) is 0 Å². The highest BCUT2D eigenvalue weighted by Gasteiger charge is 2.11. The van der Waals surface area contributed by atoms with Crippen LogP contribution in [0.3, 0.4) is 0 Å². The molecule has 0 spiro atoms. The van der Waals surface area contributed by atoms with E-state index < -0.39 is 0 Å². The summed E-state index contributed by atoms with van der Waals surface area (Å²) in [6.07, 6.45) is 0. The molecule has 100 valence electrons. The highest BCUT2D eigenvalue weighted by Crippen LogP contribution is 2.29. The molecule has 20 heavy (non-hydrogen) atoms. The molecule has 0 amide bonds. The lowest BCUT2D eigenvalue weighted by Gasteiger charge is -2.08. The third-order valence-corrected chi connectivity index (χ3v) is 3.48. The molecule has 2 aromatic carbocycles. The molecule has 0 unspecified atom stereocenters. The van der Waals surface area contributed by atoms with Gasteiger partial charge in [-0.1, -0.05) is 12.1 Å². The van der Waals surface area contributed by atoms with Crippen molar-refractivity contribution in [2.75, 3.05) is 0 Å². The van der Waals surface area contributed by atoms with E-state index in [1.54, 1.807) is 24.3 Å². The molecule has 0 saturated heterocycles. The Bertz CT molecular complexity index is 866. The minimum atomic E-state index is -0.205. The number of aromatic hydroxyl groups is 1. The minimum absolute atomic E-state index is 0.117. The Balaban J connectivity index is 2.30. The summed E-state index contributed by atoms with van der Waals surface area (Å²) in [7, 11) is 0. The van der Waals surface area contributed by atoms with E-state index in [4.69, 9.17) is 0 Å². The molecule has 3 rings (SSSR count). The van der Waals surface area contributed by atoms with Crippen molar-refractivity contribution in [2.45, 2.75) is 13.8 Å². The summed E-state index contributed by atoms with van der Waals surface area (Å²) < 4.78 is 0. The SMILES string of the molecule is Cc1cc(O)c(-c2nc3ccccc3c(=O)[nH]2)cc1C. The number of phenols is 1. The van der Waals surface area contributed by atoms with Gasteiger partial charge in [-0.25, -0.2) is 4.98 Å². The zero-order valence-electron chi connectivity index (χ0n) is 11.3. The third-order valence-electron chi connectivity index (χ3n) is 3.48. The number of H-pyrrole nitrogens is 1. The molecule has 0 aliphatic heterocycles. The Morgan fingerprint density at radius 1 is 1.10 bits per heavy atom. The van der Waals surface area contributed by atoms with Gasteiger partial charge in [-0.3, -0.25) is 4.79 Å². The Morgan fingerprint density at radius 3 is 2.60 bits per heavy atom. The van der Waals surface area contributed by atoms with Gasteiger partial charge in [0.15, 0.2) is 0 Å². The Hall–Kier alpha value is -2.62. The zero-order chi connectivity index (χ0) is 14.3. The summed E-state index contributed by atoms with van der Waals surface area (Å²) in [4.78, 5) is 19.2. The minimum Gasteiger partial charge on any atom is -0.507 e. The van der Waals surface area contributed by atoms with E-state index in [0.29, 0.717) is 22.3 Å². The summed E-state index contributed by atoms with van der Waals surface area (Å²) in [6.45, 7) is 3.88. The first-order chi connectivity index (χ1) is 9.56. The van der Waals surface area contributed by atoms with E-state index in [2.05, 4.69) is 9.97 Å². The number of rotatable bonds is 1. The van der Waals surface area contributed by atoms with Gasteiger partial charge in [0.1, 0.15) is 11.6 Å². The molecule has 0 atom stereocenters. The molecule has 2 N–H and O–H groups in total. The van der Waals surface area contributed by atoms with E-state index in [1.807, 2.05) is 26.0 Å². The van der Waals surface area contributed by atoms with E-state index >= 15 is 0 Å². The van der Waals surface area contributed by atoms with E-state index in [9.17, 15) is 9.90 Å². The van der Waals surface area contributed by atoms with Crippen LogP contribution in [0, 0.1) is 13.8 Å². The molecule has 3 aromatic rings. The number of hydrogen-bond donors (Lipinski definition) is 2. The molecule has 0 saturated carbocycles. The van der Waals surface area contributed by atoms with E-state index in [-0.39, 0.29) is 11.3 Å².